The van der Waals surface area contributed by atoms with Gasteiger partial charge in [0, 0.05) is 2.74 Å². The minimum Gasteiger partial charge on any atom is -0.504 e. The number of phenolic OH excluding ortho intramolecular Hbond substituents is 2. The van der Waals surface area contributed by atoms with E-state index < -0.39 is 60.6 Å². The van der Waals surface area contributed by atoms with Crippen molar-refractivity contribution in [2.24, 2.45) is 5.73 Å². The van der Waals surface area contributed by atoms with E-state index in [1.807, 2.05) is 0 Å². The summed E-state index contributed by atoms with van der Waals surface area (Å²) in [6.45, 7) is 0. The van der Waals surface area contributed by atoms with Crippen LogP contribution in [0.5, 0.6) is 11.5 Å². The average molecular weight is 220 g/mol. The molecule has 0 aliphatic heterocycles. The molecule has 15 heavy (non-hydrogen) atoms. The molecule has 5 nitrogen and oxygen atoms in total. The van der Waals surface area contributed by atoms with Crippen LogP contribution < -0.4 is 5.73 Å². The summed E-state index contributed by atoms with van der Waals surface area (Å²) in [5.74, 6) is -4.43. The third-order valence-corrected chi connectivity index (χ3v) is 1.35. The summed E-state index contributed by atoms with van der Waals surface area (Å²) in [7, 11) is -3.32. The summed E-state index contributed by atoms with van der Waals surface area (Å²) in [5, 5.41) is 18.9. The van der Waals surface area contributed by atoms with Gasteiger partial charge in [-0.15, -0.1) is 0 Å². The number of hydrogen-bond acceptors (Lipinski definition) is 5. The second-order valence-corrected chi connectivity index (χ2v) is 2.38. The van der Waals surface area contributed by atoms with E-state index in [4.69, 9.17) is 18.1 Å². The van der Waals surface area contributed by atoms with Crippen molar-refractivity contribution in [2.45, 2.75) is 12.4 Å². The van der Waals surface area contributed by atoms with Gasteiger partial charge in [0.05, 0.1) is 16.6 Å². The molecule has 0 radical (unpaired) electrons. The van der Waals surface area contributed by atoms with Gasteiger partial charge >= 0.3 is 5.97 Å². The number of esters is 1. The van der Waals surface area contributed by atoms with E-state index in [0.717, 1.165) is 0 Å². The standard InChI is InChI=1S/C10H13NO4/c1-15-10(14)7(11)4-6-2-3-8(12)9(13)5-6/h2-3,5,7,12-13H,4,11H2,1H3/i1D3,2D,3D,4D2,5D,7D. The van der Waals surface area contributed by atoms with E-state index in [2.05, 4.69) is 4.74 Å². The van der Waals surface area contributed by atoms with Crippen LogP contribution in [0.3, 0.4) is 0 Å². The molecule has 0 saturated heterocycles. The van der Waals surface area contributed by atoms with Gasteiger partial charge in [-0.25, -0.2) is 0 Å². The van der Waals surface area contributed by atoms with Gasteiger partial charge in [0.15, 0.2) is 11.5 Å². The van der Waals surface area contributed by atoms with Crippen LogP contribution in [0.15, 0.2) is 18.1 Å². The fraction of sp³-hybridized carbons (Fsp3) is 0.300. The van der Waals surface area contributed by atoms with E-state index in [-0.39, 0.29) is 0 Å². The maximum atomic E-state index is 11.7. The highest BCUT2D eigenvalue weighted by Gasteiger charge is 2.14. The number of carbonyl (C=O) groups excluding carboxylic acids is 1. The molecule has 0 aliphatic carbocycles. The van der Waals surface area contributed by atoms with Gasteiger partial charge in [0.2, 0.25) is 0 Å². The molecule has 0 bridgehead atoms. The molecule has 0 amide bonds. The predicted octanol–water partition coefficient (Wildman–Crippen LogP) is 0.141. The Morgan fingerprint density at radius 3 is 3.20 bits per heavy atom. The molecule has 1 unspecified atom stereocenters. The Balaban J connectivity index is 3.58. The number of nitrogens with two attached hydrogens (primary N) is 1. The molecule has 1 aromatic rings. The van der Waals surface area contributed by atoms with Crippen molar-refractivity contribution < 1.29 is 32.1 Å². The van der Waals surface area contributed by atoms with Crippen LogP contribution in [-0.4, -0.2) is 29.2 Å². The minimum atomic E-state index is -3.43. The quantitative estimate of drug-likeness (QED) is 0.497. The molecule has 0 heterocycles. The molecular weight excluding hydrogens is 198 g/mol. The Morgan fingerprint density at radius 2 is 2.53 bits per heavy atom. The molecule has 1 atom stereocenters. The van der Waals surface area contributed by atoms with Crippen molar-refractivity contribution in [3.05, 3.63) is 23.7 Å². The molecular formula is C10H13NO4. The topological polar surface area (TPSA) is 92.8 Å². The van der Waals surface area contributed by atoms with E-state index in [1.54, 1.807) is 0 Å². The van der Waals surface area contributed by atoms with Gasteiger partial charge < -0.3 is 20.7 Å². The first-order valence-corrected chi connectivity index (χ1v) is 3.60. The lowest BCUT2D eigenvalue weighted by Gasteiger charge is -2.09. The van der Waals surface area contributed by atoms with Crippen molar-refractivity contribution in [1.29, 1.82) is 0 Å². The lowest BCUT2D eigenvalue weighted by molar-refractivity contribution is -0.142. The number of rotatable bonds is 3. The minimum absolute atomic E-state index is 1.07. The van der Waals surface area contributed by atoms with Crippen LogP contribution in [0.4, 0.5) is 0 Å². The van der Waals surface area contributed by atoms with Crippen molar-refractivity contribution in [3.63, 3.8) is 0 Å². The van der Waals surface area contributed by atoms with Gasteiger partial charge in [-0.2, -0.15) is 0 Å². The molecule has 0 spiro atoms. The van der Waals surface area contributed by atoms with Gasteiger partial charge in [-0.1, -0.05) is 6.04 Å². The second-order valence-electron chi connectivity index (χ2n) is 2.38. The monoisotopic (exact) mass is 220 g/mol. The number of carbonyl (C=O) groups is 1. The van der Waals surface area contributed by atoms with Gasteiger partial charge in [-0.05, 0) is 24.0 Å². The highest BCUT2D eigenvalue weighted by atomic mass is 16.5. The van der Waals surface area contributed by atoms with Crippen molar-refractivity contribution in [3.8, 4) is 11.5 Å². The molecule has 5 heteroatoms. The van der Waals surface area contributed by atoms with E-state index in [0.29, 0.717) is 0 Å². The molecule has 4 N–H and O–H groups in total. The van der Waals surface area contributed by atoms with E-state index in [1.165, 1.54) is 0 Å². The maximum Gasteiger partial charge on any atom is 0.322 e. The smallest absolute Gasteiger partial charge is 0.322 e. The fourth-order valence-corrected chi connectivity index (χ4v) is 0.693. The molecule has 0 saturated carbocycles. The summed E-state index contributed by atoms with van der Waals surface area (Å²) in [6.07, 6.45) is -3.41. The first-order chi connectivity index (χ1) is 10.6. The van der Waals surface area contributed by atoms with Crippen molar-refractivity contribution in [1.82, 2.24) is 0 Å². The number of aromatic hydroxyl groups is 2. The third-order valence-electron chi connectivity index (χ3n) is 1.35. The lowest BCUT2D eigenvalue weighted by atomic mass is 10.1. The Hall–Kier alpha value is -1.75. The molecule has 1 rings (SSSR count). The molecule has 0 fully saturated rings. The summed E-state index contributed by atoms with van der Waals surface area (Å²) in [4.78, 5) is 11.7. The Kier molecular flexibility index (Phi) is 1.25. The Labute approximate surface area is 99.7 Å². The van der Waals surface area contributed by atoms with Crippen molar-refractivity contribution in [2.75, 3.05) is 7.04 Å². The van der Waals surface area contributed by atoms with Gasteiger partial charge in [0.1, 0.15) is 6.02 Å². The molecule has 0 aliphatic rings. The lowest BCUT2D eigenvalue weighted by Crippen LogP contribution is -2.33. The largest absolute Gasteiger partial charge is 0.504 e. The van der Waals surface area contributed by atoms with Crippen molar-refractivity contribution >= 4 is 5.97 Å². The molecule has 0 aromatic heterocycles. The fourth-order valence-electron chi connectivity index (χ4n) is 0.693. The first kappa shape index (κ1) is 4.02. The molecule has 1 aromatic carbocycles. The number of phenols is 2. The van der Waals surface area contributed by atoms with Crippen LogP contribution in [0.1, 0.15) is 17.9 Å². The Bertz CT molecular complexity index is 657. The number of hydrogen-bond donors (Lipinski definition) is 3. The van der Waals surface area contributed by atoms with E-state index in [9.17, 15) is 15.0 Å². The summed E-state index contributed by atoms with van der Waals surface area (Å²) >= 11 is 0. The zero-order valence-electron chi connectivity index (χ0n) is 16.3. The normalized spacial score (nSPS) is 24.7. The van der Waals surface area contributed by atoms with Gasteiger partial charge in [-0.3, -0.25) is 4.79 Å². The molecule has 82 valence electrons. The van der Waals surface area contributed by atoms with Crippen LogP contribution >= 0.6 is 0 Å². The number of methoxy groups -OCH3 is 1. The summed E-state index contributed by atoms with van der Waals surface area (Å²) in [5.41, 5.74) is 4.10. The Morgan fingerprint density at radius 1 is 1.80 bits per heavy atom. The average Bonchev–Trinajstić information content (AvgIpc) is 2.40. The number of benzene rings is 1. The van der Waals surface area contributed by atoms with E-state index >= 15 is 0 Å². The number of ether oxygens (including phenoxy) is 1. The van der Waals surface area contributed by atoms with Crippen LogP contribution in [-0.2, 0) is 15.9 Å². The maximum absolute atomic E-state index is 11.7. The summed E-state index contributed by atoms with van der Waals surface area (Å²) in [6, 6.07) is -6.78. The van der Waals surface area contributed by atoms with Crippen LogP contribution in [0.25, 0.3) is 0 Å². The van der Waals surface area contributed by atoms with Crippen LogP contribution in [0, 0.1) is 0 Å². The zero-order chi connectivity index (χ0) is 19.2. The van der Waals surface area contributed by atoms with Gasteiger partial charge in [0.25, 0.3) is 0 Å². The SMILES string of the molecule is [2H]c1c([2H])c(C([2H])([2H])C([2H])(N)C(=O)OC([2H])([2H])[2H])c([2H])c(O)c1O. The predicted molar refractivity (Wildman–Crippen MR) is 53.5 cm³/mol. The first-order valence-electron chi connectivity index (χ1n) is 8.10. The third kappa shape index (κ3) is 2.85. The second kappa shape index (κ2) is 4.65. The van der Waals surface area contributed by atoms with Crippen LogP contribution in [0.2, 0.25) is 0 Å². The highest BCUT2D eigenvalue weighted by Crippen LogP contribution is 2.25. The zero-order valence-corrected chi connectivity index (χ0v) is 7.29. The summed E-state index contributed by atoms with van der Waals surface area (Å²) < 4.78 is 70.1. The highest BCUT2D eigenvalue weighted by molar-refractivity contribution is 5.75.